The molecule has 102 valence electrons. The summed E-state index contributed by atoms with van der Waals surface area (Å²) in [6.07, 6.45) is 7.37. The number of thioether (sulfide) groups is 1. The molecule has 1 heterocycles. The van der Waals surface area contributed by atoms with Crippen molar-refractivity contribution in [3.05, 3.63) is 41.2 Å². The summed E-state index contributed by atoms with van der Waals surface area (Å²) in [5.74, 6) is 0. The minimum atomic E-state index is 0.500. The molecule has 0 spiro atoms. The summed E-state index contributed by atoms with van der Waals surface area (Å²) in [4.78, 5) is 4.41. The molecule has 1 aromatic carbocycles. The molecule has 5 nitrogen and oxygen atoms in total. The first-order chi connectivity index (χ1) is 9.63. The van der Waals surface area contributed by atoms with Gasteiger partial charge in [-0.25, -0.2) is 9.67 Å². The maximum Gasteiger partial charge on any atom is 0.183 e. The van der Waals surface area contributed by atoms with Crippen LogP contribution in [-0.2, 0) is 0 Å². The van der Waals surface area contributed by atoms with Gasteiger partial charge in [0.05, 0.1) is 17.6 Å². The van der Waals surface area contributed by atoms with Crippen LogP contribution in [0.4, 0.5) is 5.69 Å². The highest BCUT2D eigenvalue weighted by Gasteiger charge is 2.07. The Labute approximate surface area is 126 Å². The highest BCUT2D eigenvalue weighted by molar-refractivity contribution is 8.13. The second-order valence-electron chi connectivity index (χ2n) is 3.95. The molecular weight excluding hydrogens is 294 g/mol. The average Bonchev–Trinajstić information content (AvgIpc) is 2.85. The molecule has 1 N–H and O–H groups in total. The number of hydrogen-bond donors (Lipinski definition) is 1. The van der Waals surface area contributed by atoms with Crippen LogP contribution in [0.15, 0.2) is 35.6 Å². The van der Waals surface area contributed by atoms with Gasteiger partial charge in [0, 0.05) is 11.2 Å². The fraction of sp³-hybridized carbons (Fsp3) is 0.154. The molecule has 0 aliphatic rings. The van der Waals surface area contributed by atoms with E-state index in [2.05, 4.69) is 15.4 Å². The van der Waals surface area contributed by atoms with E-state index in [1.54, 1.807) is 23.0 Å². The zero-order valence-electron chi connectivity index (χ0n) is 11.0. The summed E-state index contributed by atoms with van der Waals surface area (Å²) in [5, 5.41) is 16.6. The normalized spacial score (nSPS) is 11.2. The Hall–Kier alpha value is -1.97. The van der Waals surface area contributed by atoms with Gasteiger partial charge in [0.1, 0.15) is 0 Å². The Bertz CT molecular complexity index is 686. The van der Waals surface area contributed by atoms with Crippen LogP contribution in [0.5, 0.6) is 0 Å². The fourth-order valence-corrected chi connectivity index (χ4v) is 2.11. The second-order valence-corrected chi connectivity index (χ2v) is 5.18. The van der Waals surface area contributed by atoms with Crippen molar-refractivity contribution in [2.24, 2.45) is 4.99 Å². The van der Waals surface area contributed by atoms with Gasteiger partial charge in [-0.1, -0.05) is 23.4 Å². The van der Waals surface area contributed by atoms with Gasteiger partial charge >= 0.3 is 0 Å². The smallest absolute Gasteiger partial charge is 0.183 e. The summed E-state index contributed by atoms with van der Waals surface area (Å²) in [7, 11) is 0. The van der Waals surface area contributed by atoms with Gasteiger partial charge in [0.2, 0.25) is 0 Å². The van der Waals surface area contributed by atoms with Gasteiger partial charge in [-0.2, -0.15) is 10.4 Å². The summed E-state index contributed by atoms with van der Waals surface area (Å²) < 4.78 is 1.73. The van der Waals surface area contributed by atoms with Crippen LogP contribution >= 0.6 is 23.4 Å². The lowest BCUT2D eigenvalue weighted by molar-refractivity contribution is 0.880. The predicted octanol–water partition coefficient (Wildman–Crippen LogP) is 3.26. The van der Waals surface area contributed by atoms with E-state index in [1.165, 1.54) is 11.8 Å². The predicted molar refractivity (Wildman–Crippen MR) is 82.7 cm³/mol. The van der Waals surface area contributed by atoms with Crippen LogP contribution in [0.1, 0.15) is 5.56 Å². The molecule has 7 heteroatoms. The number of hydrogen-bond acceptors (Lipinski definition) is 4. The van der Waals surface area contributed by atoms with Gasteiger partial charge in [-0.15, -0.1) is 0 Å². The topological polar surface area (TPSA) is 66.0 Å². The van der Waals surface area contributed by atoms with E-state index in [9.17, 15) is 0 Å². The monoisotopic (exact) mass is 305 g/mol. The van der Waals surface area contributed by atoms with Crippen LogP contribution < -0.4 is 5.32 Å². The summed E-state index contributed by atoms with van der Waals surface area (Å²) >= 11 is 7.37. The molecule has 20 heavy (non-hydrogen) atoms. The maximum atomic E-state index is 8.69. The van der Waals surface area contributed by atoms with Crippen molar-refractivity contribution in [1.82, 2.24) is 15.1 Å². The number of amidine groups is 1. The quantitative estimate of drug-likeness (QED) is 0.400. The first-order valence-corrected chi connectivity index (χ1v) is 7.33. The van der Waals surface area contributed by atoms with Crippen molar-refractivity contribution in [1.29, 1.82) is 5.26 Å². The Kier molecular flexibility index (Phi) is 4.66. The Morgan fingerprint density at radius 1 is 1.55 bits per heavy atom. The van der Waals surface area contributed by atoms with Crippen LogP contribution in [0, 0.1) is 18.4 Å². The lowest BCUT2D eigenvalue weighted by Gasteiger charge is -2.07. The Balaban J connectivity index is 2.51. The van der Waals surface area contributed by atoms with Crippen molar-refractivity contribution in [3.63, 3.8) is 0 Å². The number of nitrogens with one attached hydrogen (secondary N) is 1. The zero-order chi connectivity index (χ0) is 14.5. The first kappa shape index (κ1) is 14.4. The number of aliphatic imine (C=N–C) groups is 1. The third-order valence-electron chi connectivity index (χ3n) is 2.47. The van der Waals surface area contributed by atoms with E-state index in [0.29, 0.717) is 15.9 Å². The van der Waals surface area contributed by atoms with Crippen molar-refractivity contribution < 1.29 is 0 Å². The molecule has 2 rings (SSSR count). The Morgan fingerprint density at radius 3 is 2.95 bits per heavy atom. The maximum absolute atomic E-state index is 8.69. The summed E-state index contributed by atoms with van der Waals surface area (Å²) in [6.45, 7) is 1.97. The number of nitrogens with zero attached hydrogens (tertiary/aromatic N) is 4. The van der Waals surface area contributed by atoms with Crippen LogP contribution in [-0.4, -0.2) is 21.2 Å². The minimum absolute atomic E-state index is 0.500. The molecule has 0 saturated heterocycles. The SMILES string of the molecule is CSC(=Nc1cc(Cl)ccc1-n1cc(C)cn1)NC#N. The highest BCUT2D eigenvalue weighted by atomic mass is 35.5. The van der Waals surface area contributed by atoms with E-state index in [1.807, 2.05) is 31.6 Å². The van der Waals surface area contributed by atoms with Crippen molar-refractivity contribution in [2.75, 3.05) is 6.26 Å². The molecule has 2 aromatic rings. The van der Waals surface area contributed by atoms with Crippen LogP contribution in [0.2, 0.25) is 5.02 Å². The van der Waals surface area contributed by atoms with E-state index < -0.39 is 0 Å². The van der Waals surface area contributed by atoms with Crippen molar-refractivity contribution in [3.8, 4) is 11.9 Å². The van der Waals surface area contributed by atoms with E-state index >= 15 is 0 Å². The number of aryl methyl sites for hydroxylation is 1. The number of aromatic nitrogens is 2. The largest absolute Gasteiger partial charge is 0.271 e. The van der Waals surface area contributed by atoms with Gasteiger partial charge in [0.25, 0.3) is 0 Å². The molecule has 0 atom stereocenters. The lowest BCUT2D eigenvalue weighted by atomic mass is 10.2. The molecular formula is C13H12ClN5S. The lowest BCUT2D eigenvalue weighted by Crippen LogP contribution is -2.12. The number of halogens is 1. The van der Waals surface area contributed by atoms with Gasteiger partial charge < -0.3 is 0 Å². The molecule has 0 amide bonds. The summed E-state index contributed by atoms with van der Waals surface area (Å²) in [6, 6.07) is 5.37. The molecule has 0 unspecified atom stereocenters. The van der Waals surface area contributed by atoms with E-state index in [4.69, 9.17) is 16.9 Å². The summed E-state index contributed by atoms with van der Waals surface area (Å²) in [5.41, 5.74) is 2.50. The standard InChI is InChI=1S/C13H12ClN5S/c1-9-6-17-19(7-9)12-4-3-10(14)5-11(12)18-13(20-2)16-8-15/h3-7H,1-2H3,(H,16,18). The number of benzene rings is 1. The first-order valence-electron chi connectivity index (χ1n) is 5.73. The van der Waals surface area contributed by atoms with Gasteiger partial charge in [-0.05, 0) is 36.9 Å². The molecule has 0 radical (unpaired) electrons. The van der Waals surface area contributed by atoms with E-state index in [0.717, 1.165) is 11.3 Å². The Morgan fingerprint density at radius 2 is 2.35 bits per heavy atom. The molecule has 0 fully saturated rings. The van der Waals surface area contributed by atoms with Gasteiger partial charge in [-0.3, -0.25) is 5.32 Å². The van der Waals surface area contributed by atoms with E-state index in [-0.39, 0.29) is 0 Å². The zero-order valence-corrected chi connectivity index (χ0v) is 12.5. The average molecular weight is 306 g/mol. The number of nitriles is 1. The fourth-order valence-electron chi connectivity index (χ4n) is 1.61. The number of rotatable bonds is 2. The minimum Gasteiger partial charge on any atom is -0.271 e. The van der Waals surface area contributed by atoms with Crippen LogP contribution in [0.3, 0.4) is 0 Å². The second kappa shape index (κ2) is 6.46. The molecule has 0 aliphatic heterocycles. The van der Waals surface area contributed by atoms with Crippen molar-refractivity contribution in [2.45, 2.75) is 6.92 Å². The van der Waals surface area contributed by atoms with Gasteiger partial charge in [0.15, 0.2) is 11.4 Å². The third-order valence-corrected chi connectivity index (χ3v) is 3.29. The molecule has 1 aromatic heterocycles. The molecule has 0 bridgehead atoms. The highest BCUT2D eigenvalue weighted by Crippen LogP contribution is 2.27. The van der Waals surface area contributed by atoms with Crippen LogP contribution in [0.25, 0.3) is 5.69 Å². The third kappa shape index (κ3) is 3.32. The molecule has 0 saturated carbocycles. The van der Waals surface area contributed by atoms with Crippen molar-refractivity contribution >= 4 is 34.2 Å². The molecule has 0 aliphatic carbocycles.